The standard InChI is InChI=1S/C21H26N4O3S/c1-15-6-5-7-18(16(15)2)24-10-12-25(13-11-24)29(27,28)17-8-9-19-20(14-17)23(4)21(26)22(19)3/h5-9,14H,10-13H2,1-4H3. The van der Waals surface area contributed by atoms with E-state index in [1.165, 1.54) is 30.3 Å². The summed E-state index contributed by atoms with van der Waals surface area (Å²) in [6.07, 6.45) is 0. The Morgan fingerprint density at radius 1 is 0.862 bits per heavy atom. The number of sulfonamides is 1. The molecule has 1 aliphatic heterocycles. The smallest absolute Gasteiger partial charge is 0.328 e. The number of rotatable bonds is 3. The van der Waals surface area contributed by atoms with Gasteiger partial charge in [-0.15, -0.1) is 0 Å². The van der Waals surface area contributed by atoms with E-state index in [2.05, 4.69) is 30.9 Å². The molecule has 1 aromatic heterocycles. The molecule has 0 N–H and O–H groups in total. The lowest BCUT2D eigenvalue weighted by Gasteiger charge is -2.36. The Morgan fingerprint density at radius 2 is 1.52 bits per heavy atom. The first kappa shape index (κ1) is 19.7. The van der Waals surface area contributed by atoms with Crippen LogP contribution in [0.5, 0.6) is 0 Å². The van der Waals surface area contributed by atoms with Crippen molar-refractivity contribution in [2.75, 3.05) is 31.1 Å². The van der Waals surface area contributed by atoms with Crippen LogP contribution in [-0.2, 0) is 24.1 Å². The average molecular weight is 415 g/mol. The molecular formula is C21H26N4O3S. The van der Waals surface area contributed by atoms with E-state index in [0.29, 0.717) is 31.7 Å². The lowest BCUT2D eigenvalue weighted by atomic mass is 10.1. The summed E-state index contributed by atoms with van der Waals surface area (Å²) >= 11 is 0. The zero-order valence-corrected chi connectivity index (χ0v) is 18.0. The monoisotopic (exact) mass is 414 g/mol. The van der Waals surface area contributed by atoms with Crippen LogP contribution in [0.25, 0.3) is 11.0 Å². The number of hydrogen-bond acceptors (Lipinski definition) is 4. The summed E-state index contributed by atoms with van der Waals surface area (Å²) in [5, 5.41) is 0. The summed E-state index contributed by atoms with van der Waals surface area (Å²) in [6.45, 7) is 6.36. The molecule has 2 heterocycles. The van der Waals surface area contributed by atoms with Crippen molar-refractivity contribution in [3.8, 4) is 0 Å². The van der Waals surface area contributed by atoms with E-state index < -0.39 is 10.0 Å². The molecule has 0 atom stereocenters. The fourth-order valence-corrected chi connectivity index (χ4v) is 5.49. The maximum Gasteiger partial charge on any atom is 0.328 e. The van der Waals surface area contributed by atoms with Gasteiger partial charge >= 0.3 is 5.69 Å². The van der Waals surface area contributed by atoms with Gasteiger partial charge in [0.05, 0.1) is 15.9 Å². The van der Waals surface area contributed by atoms with Gasteiger partial charge in [-0.1, -0.05) is 12.1 Å². The van der Waals surface area contributed by atoms with Crippen LogP contribution in [0.2, 0.25) is 0 Å². The van der Waals surface area contributed by atoms with Crippen molar-refractivity contribution >= 4 is 26.7 Å². The summed E-state index contributed by atoms with van der Waals surface area (Å²) in [7, 11) is -0.273. The quantitative estimate of drug-likeness (QED) is 0.658. The topological polar surface area (TPSA) is 67.6 Å². The molecule has 29 heavy (non-hydrogen) atoms. The van der Waals surface area contributed by atoms with Gasteiger partial charge in [0.1, 0.15) is 0 Å². The molecule has 7 nitrogen and oxygen atoms in total. The number of nitrogens with zero attached hydrogens (tertiary/aromatic N) is 4. The highest BCUT2D eigenvalue weighted by Gasteiger charge is 2.29. The molecule has 0 unspecified atom stereocenters. The molecule has 1 aliphatic rings. The number of imidazole rings is 1. The largest absolute Gasteiger partial charge is 0.369 e. The van der Waals surface area contributed by atoms with Crippen LogP contribution in [-0.4, -0.2) is 48.0 Å². The van der Waals surface area contributed by atoms with Gasteiger partial charge in [-0.3, -0.25) is 9.13 Å². The second-order valence-electron chi connectivity index (χ2n) is 7.66. The molecule has 2 aromatic carbocycles. The SMILES string of the molecule is Cc1cccc(N2CCN(S(=O)(=O)c3ccc4c(c3)n(C)c(=O)n4C)CC2)c1C. The van der Waals surface area contributed by atoms with Crippen LogP contribution in [0.15, 0.2) is 46.1 Å². The van der Waals surface area contributed by atoms with Gasteiger partial charge in [0, 0.05) is 46.0 Å². The van der Waals surface area contributed by atoms with Crippen molar-refractivity contribution in [1.29, 1.82) is 0 Å². The maximum atomic E-state index is 13.2. The van der Waals surface area contributed by atoms with E-state index in [1.807, 2.05) is 6.07 Å². The van der Waals surface area contributed by atoms with Crippen molar-refractivity contribution < 1.29 is 8.42 Å². The molecule has 0 spiro atoms. The molecule has 0 bridgehead atoms. The maximum absolute atomic E-state index is 13.2. The van der Waals surface area contributed by atoms with E-state index >= 15 is 0 Å². The van der Waals surface area contributed by atoms with Crippen LogP contribution >= 0.6 is 0 Å². The van der Waals surface area contributed by atoms with Crippen molar-refractivity contribution in [3.05, 3.63) is 58.0 Å². The van der Waals surface area contributed by atoms with Gasteiger partial charge in [0.15, 0.2) is 0 Å². The minimum Gasteiger partial charge on any atom is -0.369 e. The zero-order chi connectivity index (χ0) is 20.9. The Bertz CT molecular complexity index is 1250. The van der Waals surface area contributed by atoms with Gasteiger partial charge in [-0.25, -0.2) is 13.2 Å². The highest BCUT2D eigenvalue weighted by Crippen LogP contribution is 2.26. The molecule has 8 heteroatoms. The molecule has 0 radical (unpaired) electrons. The first-order valence-electron chi connectivity index (χ1n) is 9.68. The number of benzene rings is 2. The fourth-order valence-electron chi connectivity index (χ4n) is 4.04. The molecule has 1 saturated heterocycles. The third-order valence-electron chi connectivity index (χ3n) is 6.04. The number of piperazine rings is 1. The Hall–Kier alpha value is -2.58. The predicted molar refractivity (Wildman–Crippen MR) is 115 cm³/mol. The van der Waals surface area contributed by atoms with Crippen LogP contribution in [0.3, 0.4) is 0 Å². The highest BCUT2D eigenvalue weighted by molar-refractivity contribution is 7.89. The number of aryl methyl sites for hydroxylation is 3. The lowest BCUT2D eigenvalue weighted by Crippen LogP contribution is -2.48. The molecule has 0 amide bonds. The second-order valence-corrected chi connectivity index (χ2v) is 9.60. The van der Waals surface area contributed by atoms with Gasteiger partial charge in [-0.2, -0.15) is 4.31 Å². The van der Waals surface area contributed by atoms with E-state index in [1.54, 1.807) is 32.3 Å². The number of fused-ring (bicyclic) bond motifs is 1. The lowest BCUT2D eigenvalue weighted by molar-refractivity contribution is 0.385. The Morgan fingerprint density at radius 3 is 2.21 bits per heavy atom. The number of aromatic nitrogens is 2. The summed E-state index contributed by atoms with van der Waals surface area (Å²) in [5.41, 5.74) is 4.81. The Balaban J connectivity index is 1.59. The van der Waals surface area contributed by atoms with Gasteiger partial charge in [0.2, 0.25) is 10.0 Å². The van der Waals surface area contributed by atoms with Gasteiger partial charge in [-0.05, 0) is 49.2 Å². The van der Waals surface area contributed by atoms with Crippen LogP contribution in [0.1, 0.15) is 11.1 Å². The minimum atomic E-state index is -3.62. The summed E-state index contributed by atoms with van der Waals surface area (Å²) in [6, 6.07) is 11.1. The molecule has 154 valence electrons. The average Bonchev–Trinajstić information content (AvgIpc) is 2.94. The molecule has 4 rings (SSSR count). The van der Waals surface area contributed by atoms with Crippen molar-refractivity contribution in [1.82, 2.24) is 13.4 Å². The highest BCUT2D eigenvalue weighted by atomic mass is 32.2. The summed E-state index contributed by atoms with van der Waals surface area (Å²) in [4.78, 5) is 14.6. The first-order valence-corrected chi connectivity index (χ1v) is 11.1. The van der Waals surface area contributed by atoms with E-state index in [4.69, 9.17) is 0 Å². The zero-order valence-electron chi connectivity index (χ0n) is 17.2. The van der Waals surface area contributed by atoms with Crippen molar-refractivity contribution in [3.63, 3.8) is 0 Å². The van der Waals surface area contributed by atoms with Crippen LogP contribution in [0.4, 0.5) is 5.69 Å². The van der Waals surface area contributed by atoms with Crippen molar-refractivity contribution in [2.24, 2.45) is 14.1 Å². The molecule has 0 aliphatic carbocycles. The third-order valence-corrected chi connectivity index (χ3v) is 7.93. The van der Waals surface area contributed by atoms with Crippen LogP contribution in [0, 0.1) is 13.8 Å². The Kier molecular flexibility index (Phi) is 4.78. The molecule has 1 fully saturated rings. The molecule has 3 aromatic rings. The first-order chi connectivity index (χ1) is 13.7. The van der Waals surface area contributed by atoms with E-state index in [-0.39, 0.29) is 10.6 Å². The normalized spacial score (nSPS) is 15.9. The van der Waals surface area contributed by atoms with Crippen molar-refractivity contribution in [2.45, 2.75) is 18.7 Å². The van der Waals surface area contributed by atoms with Gasteiger partial charge in [0.25, 0.3) is 0 Å². The fraction of sp³-hybridized carbons (Fsp3) is 0.381. The second kappa shape index (κ2) is 7.03. The summed E-state index contributed by atoms with van der Waals surface area (Å²) < 4.78 is 31.0. The Labute approximate surface area is 170 Å². The number of hydrogen-bond donors (Lipinski definition) is 0. The summed E-state index contributed by atoms with van der Waals surface area (Å²) in [5.74, 6) is 0. The third kappa shape index (κ3) is 3.16. The van der Waals surface area contributed by atoms with Crippen LogP contribution < -0.4 is 10.6 Å². The minimum absolute atomic E-state index is 0.170. The van der Waals surface area contributed by atoms with E-state index in [0.717, 1.165) is 5.52 Å². The van der Waals surface area contributed by atoms with Gasteiger partial charge < -0.3 is 4.90 Å². The molecule has 0 saturated carbocycles. The molecular weight excluding hydrogens is 388 g/mol. The van der Waals surface area contributed by atoms with E-state index in [9.17, 15) is 13.2 Å². The predicted octanol–water partition coefficient (Wildman–Crippen LogP) is 2.00. The number of anilines is 1.